The fourth-order valence-corrected chi connectivity index (χ4v) is 3.13. The Morgan fingerprint density at radius 1 is 1.65 bits per heavy atom. The summed E-state index contributed by atoms with van der Waals surface area (Å²) in [6.07, 6.45) is 1.92. The average molecular weight is 275 g/mol. The van der Waals surface area contributed by atoms with Crippen LogP contribution < -0.4 is 4.90 Å². The number of carbonyl (C=O) groups is 2. The van der Waals surface area contributed by atoms with Crippen LogP contribution in [0.4, 0.5) is 10.1 Å². The predicted octanol–water partition coefficient (Wildman–Crippen LogP) is 1.79. The normalized spacial score (nSPS) is 26.6. The zero-order valence-corrected chi connectivity index (χ0v) is 11.1. The van der Waals surface area contributed by atoms with E-state index in [0.717, 1.165) is 0 Å². The van der Waals surface area contributed by atoms with Crippen molar-refractivity contribution in [1.29, 1.82) is 0 Å². The number of fused-ring (bicyclic) bond motifs is 2. The van der Waals surface area contributed by atoms with Gasteiger partial charge in [-0.25, -0.2) is 4.39 Å². The molecule has 20 heavy (non-hydrogen) atoms. The number of nitrogens with zero attached hydrogens (tertiary/aromatic N) is 1. The van der Waals surface area contributed by atoms with Crippen LogP contribution in [0.3, 0.4) is 0 Å². The van der Waals surface area contributed by atoms with Crippen molar-refractivity contribution in [2.45, 2.75) is 11.8 Å². The molecular formula is C15H14FNO3. The van der Waals surface area contributed by atoms with Crippen LogP contribution in [0.15, 0.2) is 30.9 Å². The number of carbonyl (C=O) groups excluding carboxylic acids is 2. The highest BCUT2D eigenvalue weighted by atomic mass is 19.1. The summed E-state index contributed by atoms with van der Waals surface area (Å²) in [5.41, 5.74) is -0.0865. The first-order chi connectivity index (χ1) is 9.57. The molecule has 0 saturated heterocycles. The molecule has 0 N–H and O–H groups in total. The molecule has 1 amide bonds. The second-order valence-electron chi connectivity index (χ2n) is 5.09. The van der Waals surface area contributed by atoms with Crippen LogP contribution in [-0.4, -0.2) is 25.5 Å². The molecule has 1 aliphatic heterocycles. The summed E-state index contributed by atoms with van der Waals surface area (Å²) in [5.74, 6) is -1.64. The van der Waals surface area contributed by atoms with E-state index in [4.69, 9.17) is 4.74 Å². The van der Waals surface area contributed by atoms with E-state index in [0.29, 0.717) is 12.0 Å². The molecule has 1 aromatic rings. The Kier molecular flexibility index (Phi) is 2.67. The van der Waals surface area contributed by atoms with Crippen molar-refractivity contribution in [1.82, 2.24) is 0 Å². The number of esters is 1. The highest BCUT2D eigenvalue weighted by molar-refractivity contribution is 6.13. The van der Waals surface area contributed by atoms with Crippen LogP contribution >= 0.6 is 0 Å². The number of para-hydroxylation sites is 1. The fraction of sp³-hybridized carbons (Fsp3) is 0.333. The van der Waals surface area contributed by atoms with Crippen molar-refractivity contribution in [2.24, 2.45) is 5.92 Å². The van der Waals surface area contributed by atoms with Gasteiger partial charge >= 0.3 is 5.97 Å². The van der Waals surface area contributed by atoms with E-state index in [2.05, 4.69) is 6.58 Å². The minimum atomic E-state index is -0.937. The largest absolute Gasteiger partial charge is 0.469 e. The van der Waals surface area contributed by atoms with Gasteiger partial charge in [-0.15, -0.1) is 6.58 Å². The fourth-order valence-electron chi connectivity index (χ4n) is 3.13. The van der Waals surface area contributed by atoms with Crippen LogP contribution in [0.2, 0.25) is 0 Å². The number of methoxy groups -OCH3 is 1. The van der Waals surface area contributed by atoms with Crippen molar-refractivity contribution in [3.05, 3.63) is 42.2 Å². The topological polar surface area (TPSA) is 46.6 Å². The van der Waals surface area contributed by atoms with Crippen molar-refractivity contribution in [2.75, 3.05) is 18.6 Å². The molecule has 4 nitrogen and oxygen atoms in total. The Balaban J connectivity index is 2.12. The van der Waals surface area contributed by atoms with Crippen molar-refractivity contribution in [3.8, 4) is 0 Å². The second-order valence-corrected chi connectivity index (χ2v) is 5.09. The molecule has 2 atom stereocenters. The van der Waals surface area contributed by atoms with E-state index in [1.54, 1.807) is 18.2 Å². The smallest absolute Gasteiger partial charge is 0.310 e. The van der Waals surface area contributed by atoms with Crippen LogP contribution in [0.1, 0.15) is 12.0 Å². The van der Waals surface area contributed by atoms with Gasteiger partial charge in [-0.2, -0.15) is 0 Å². The maximum absolute atomic E-state index is 14.1. The van der Waals surface area contributed by atoms with Gasteiger partial charge in [-0.1, -0.05) is 18.2 Å². The summed E-state index contributed by atoms with van der Waals surface area (Å²) in [5, 5.41) is 0. The predicted molar refractivity (Wildman–Crippen MR) is 70.8 cm³/mol. The van der Waals surface area contributed by atoms with Gasteiger partial charge in [0.25, 0.3) is 0 Å². The lowest BCUT2D eigenvalue weighted by Crippen LogP contribution is -2.34. The maximum atomic E-state index is 14.1. The Hall–Kier alpha value is -2.17. The molecule has 1 spiro atoms. The third-order valence-electron chi connectivity index (χ3n) is 4.12. The molecule has 1 fully saturated rings. The number of ether oxygens (including phenoxy) is 1. The second kappa shape index (κ2) is 4.16. The van der Waals surface area contributed by atoms with E-state index >= 15 is 0 Å². The first-order valence-electron chi connectivity index (χ1n) is 6.37. The van der Waals surface area contributed by atoms with E-state index in [1.807, 2.05) is 0 Å². The van der Waals surface area contributed by atoms with Crippen molar-refractivity contribution in [3.63, 3.8) is 0 Å². The quantitative estimate of drug-likeness (QED) is 0.624. The minimum Gasteiger partial charge on any atom is -0.469 e. The molecule has 0 aromatic heterocycles. The van der Waals surface area contributed by atoms with Gasteiger partial charge in [0.2, 0.25) is 5.91 Å². The number of hydrogen-bond acceptors (Lipinski definition) is 3. The van der Waals surface area contributed by atoms with Crippen LogP contribution in [0, 0.1) is 11.7 Å². The van der Waals surface area contributed by atoms with E-state index in [-0.39, 0.29) is 18.1 Å². The molecule has 3 rings (SSSR count). The van der Waals surface area contributed by atoms with E-state index in [9.17, 15) is 14.0 Å². The monoisotopic (exact) mass is 275 g/mol. The van der Waals surface area contributed by atoms with Crippen LogP contribution in [0.5, 0.6) is 0 Å². The Morgan fingerprint density at radius 2 is 2.40 bits per heavy atom. The number of hydrogen-bond donors (Lipinski definition) is 0. The SMILES string of the molecule is C=CCN1C(=O)C2(CC2C(=O)OC)c2cccc(F)c21. The van der Waals surface area contributed by atoms with Gasteiger partial charge in [0.15, 0.2) is 0 Å². The first kappa shape index (κ1) is 12.8. The van der Waals surface area contributed by atoms with Gasteiger partial charge < -0.3 is 9.64 Å². The third kappa shape index (κ3) is 1.40. The molecule has 1 aliphatic carbocycles. The summed E-state index contributed by atoms with van der Waals surface area (Å²) < 4.78 is 18.8. The van der Waals surface area contributed by atoms with Gasteiger partial charge in [0.05, 0.1) is 24.1 Å². The molecule has 5 heteroatoms. The van der Waals surface area contributed by atoms with Gasteiger partial charge in [0, 0.05) is 6.54 Å². The summed E-state index contributed by atoms with van der Waals surface area (Å²) in [6, 6.07) is 4.59. The highest BCUT2D eigenvalue weighted by Crippen LogP contribution is 2.62. The summed E-state index contributed by atoms with van der Waals surface area (Å²) in [7, 11) is 1.29. The minimum absolute atomic E-state index is 0.225. The molecule has 1 heterocycles. The van der Waals surface area contributed by atoms with Crippen molar-refractivity contribution >= 4 is 17.6 Å². The van der Waals surface area contributed by atoms with E-state index < -0.39 is 23.1 Å². The van der Waals surface area contributed by atoms with E-state index in [1.165, 1.54) is 18.1 Å². The molecular weight excluding hydrogens is 261 g/mol. The number of halogens is 1. The molecule has 0 radical (unpaired) electrons. The van der Waals surface area contributed by atoms with Gasteiger partial charge in [-0.05, 0) is 18.1 Å². The zero-order chi connectivity index (χ0) is 14.5. The number of amides is 1. The summed E-state index contributed by atoms with van der Waals surface area (Å²) in [4.78, 5) is 25.7. The Morgan fingerprint density at radius 3 is 3.05 bits per heavy atom. The first-order valence-corrected chi connectivity index (χ1v) is 6.37. The lowest BCUT2D eigenvalue weighted by Gasteiger charge is -2.16. The van der Waals surface area contributed by atoms with Crippen LogP contribution in [-0.2, 0) is 19.7 Å². The third-order valence-corrected chi connectivity index (χ3v) is 4.12. The molecule has 104 valence electrons. The zero-order valence-electron chi connectivity index (χ0n) is 11.1. The number of anilines is 1. The number of rotatable bonds is 3. The molecule has 1 aromatic carbocycles. The Bertz CT molecular complexity index is 628. The van der Waals surface area contributed by atoms with Crippen molar-refractivity contribution < 1.29 is 18.7 Å². The average Bonchev–Trinajstić information content (AvgIpc) is 3.15. The summed E-state index contributed by atoms with van der Waals surface area (Å²) >= 11 is 0. The lowest BCUT2D eigenvalue weighted by atomic mass is 9.95. The number of benzene rings is 1. The highest BCUT2D eigenvalue weighted by Gasteiger charge is 2.70. The molecule has 2 unspecified atom stereocenters. The molecule has 0 bridgehead atoms. The van der Waals surface area contributed by atoms with Gasteiger partial charge in [0.1, 0.15) is 5.82 Å². The molecule has 1 saturated carbocycles. The lowest BCUT2D eigenvalue weighted by molar-refractivity contribution is -0.143. The standard InChI is InChI=1S/C15H14FNO3/c1-3-7-17-12-9(5-4-6-11(12)16)15(14(17)19)8-10(15)13(18)20-2/h3-6,10H,1,7-8H2,2H3. The summed E-state index contributed by atoms with van der Waals surface area (Å²) in [6.45, 7) is 3.82. The van der Waals surface area contributed by atoms with Crippen LogP contribution in [0.25, 0.3) is 0 Å². The maximum Gasteiger partial charge on any atom is 0.310 e. The molecule has 2 aliphatic rings. The Labute approximate surface area is 115 Å². The van der Waals surface area contributed by atoms with Gasteiger partial charge in [-0.3, -0.25) is 9.59 Å².